The van der Waals surface area contributed by atoms with Crippen molar-refractivity contribution in [2.75, 3.05) is 7.11 Å². The maximum Gasteiger partial charge on any atom is 0.337 e. The zero-order valence-corrected chi connectivity index (χ0v) is 12.2. The summed E-state index contributed by atoms with van der Waals surface area (Å²) in [6, 6.07) is 9.01. The number of halogens is 1. The molecule has 20 heavy (non-hydrogen) atoms. The number of aromatic nitrogens is 3. The van der Waals surface area contributed by atoms with E-state index in [-0.39, 0.29) is 5.97 Å². The van der Waals surface area contributed by atoms with Gasteiger partial charge in [0.2, 0.25) is 0 Å². The zero-order chi connectivity index (χ0) is 14.1. The molecule has 0 bridgehead atoms. The van der Waals surface area contributed by atoms with Crippen LogP contribution < -0.4 is 0 Å². The molecule has 0 spiro atoms. The van der Waals surface area contributed by atoms with Crippen LogP contribution in [0.5, 0.6) is 0 Å². The van der Waals surface area contributed by atoms with E-state index >= 15 is 0 Å². The van der Waals surface area contributed by atoms with Gasteiger partial charge in [-0.1, -0.05) is 12.1 Å². The van der Waals surface area contributed by atoms with Gasteiger partial charge in [-0.25, -0.2) is 14.3 Å². The van der Waals surface area contributed by atoms with Crippen LogP contribution in [0.25, 0.3) is 16.9 Å². The van der Waals surface area contributed by atoms with Crippen LogP contribution in [-0.4, -0.2) is 27.7 Å². The summed E-state index contributed by atoms with van der Waals surface area (Å²) in [5.74, 6) is -0.351. The summed E-state index contributed by atoms with van der Waals surface area (Å²) in [5, 5.41) is 4.47. The Morgan fingerprint density at radius 3 is 2.75 bits per heavy atom. The summed E-state index contributed by atoms with van der Waals surface area (Å²) in [5.41, 5.74) is 2.98. The van der Waals surface area contributed by atoms with Crippen LogP contribution in [0.1, 0.15) is 10.4 Å². The van der Waals surface area contributed by atoms with E-state index in [9.17, 15) is 4.79 Å². The van der Waals surface area contributed by atoms with Gasteiger partial charge in [0.1, 0.15) is 0 Å². The summed E-state index contributed by atoms with van der Waals surface area (Å²) in [6.07, 6.45) is 3.48. The van der Waals surface area contributed by atoms with Crippen LogP contribution in [0.4, 0.5) is 0 Å². The fraction of sp³-hybridized carbons (Fsp3) is 0.0714. The Kier molecular flexibility index (Phi) is 3.23. The minimum atomic E-state index is -0.351. The van der Waals surface area contributed by atoms with E-state index in [1.165, 1.54) is 7.11 Å². The van der Waals surface area contributed by atoms with Crippen molar-refractivity contribution >= 4 is 27.5 Å². The van der Waals surface area contributed by atoms with E-state index in [0.717, 1.165) is 21.4 Å². The molecule has 3 rings (SSSR count). The van der Waals surface area contributed by atoms with Crippen LogP contribution in [0.2, 0.25) is 0 Å². The first-order chi connectivity index (χ1) is 9.69. The van der Waals surface area contributed by atoms with Crippen LogP contribution >= 0.6 is 15.9 Å². The first-order valence-electron chi connectivity index (χ1n) is 5.87. The lowest BCUT2D eigenvalue weighted by Gasteiger charge is -2.05. The summed E-state index contributed by atoms with van der Waals surface area (Å²) in [7, 11) is 1.36. The third-order valence-corrected chi connectivity index (χ3v) is 3.50. The maximum absolute atomic E-state index is 11.4. The molecule has 0 saturated carbocycles. The highest BCUT2D eigenvalue weighted by Gasteiger charge is 2.09. The molecule has 0 amide bonds. The van der Waals surface area contributed by atoms with Crippen molar-refractivity contribution in [1.82, 2.24) is 14.6 Å². The number of nitrogens with zero attached hydrogens (tertiary/aromatic N) is 3. The highest BCUT2D eigenvalue weighted by atomic mass is 79.9. The summed E-state index contributed by atoms with van der Waals surface area (Å²) in [6.45, 7) is 0. The van der Waals surface area contributed by atoms with Crippen molar-refractivity contribution in [3.8, 4) is 11.3 Å². The van der Waals surface area contributed by atoms with Gasteiger partial charge < -0.3 is 4.74 Å². The smallest absolute Gasteiger partial charge is 0.337 e. The van der Waals surface area contributed by atoms with Crippen molar-refractivity contribution < 1.29 is 9.53 Å². The number of ether oxygens (including phenoxy) is 1. The minimum absolute atomic E-state index is 0.351. The molecule has 0 saturated heterocycles. The standard InChI is InChI=1S/C14H10BrN3O2/c1-20-14(19)10-4-2-9(3-5-10)12-8-11(15)13-16-6-7-18(13)17-12/h2-8H,1H3. The molecular formula is C14H10BrN3O2. The molecule has 3 aromatic rings. The van der Waals surface area contributed by atoms with Gasteiger partial charge in [-0.15, -0.1) is 0 Å². The van der Waals surface area contributed by atoms with Crippen LogP contribution in [0, 0.1) is 0 Å². The lowest BCUT2D eigenvalue weighted by Crippen LogP contribution is -2.00. The number of benzene rings is 1. The topological polar surface area (TPSA) is 56.5 Å². The molecule has 1 aromatic carbocycles. The van der Waals surface area contributed by atoms with Crippen LogP contribution in [0.15, 0.2) is 47.2 Å². The van der Waals surface area contributed by atoms with E-state index in [1.807, 2.05) is 18.2 Å². The Morgan fingerprint density at radius 2 is 2.05 bits per heavy atom. The molecule has 0 aliphatic heterocycles. The fourth-order valence-corrected chi connectivity index (χ4v) is 2.42. The number of fused-ring (bicyclic) bond motifs is 1. The molecule has 0 fully saturated rings. The quantitative estimate of drug-likeness (QED) is 0.677. The lowest BCUT2D eigenvalue weighted by atomic mass is 10.1. The van der Waals surface area contributed by atoms with E-state index in [4.69, 9.17) is 0 Å². The van der Waals surface area contributed by atoms with Crippen molar-refractivity contribution in [3.05, 3.63) is 52.8 Å². The van der Waals surface area contributed by atoms with Gasteiger partial charge in [-0.05, 0) is 34.1 Å². The molecule has 100 valence electrons. The summed E-state index contributed by atoms with van der Waals surface area (Å²) < 4.78 is 7.24. The van der Waals surface area contributed by atoms with Crippen molar-refractivity contribution in [2.45, 2.75) is 0 Å². The summed E-state index contributed by atoms with van der Waals surface area (Å²) in [4.78, 5) is 15.6. The molecule has 0 atom stereocenters. The molecule has 6 heteroatoms. The van der Waals surface area contributed by atoms with E-state index in [0.29, 0.717) is 5.56 Å². The number of hydrogen-bond donors (Lipinski definition) is 0. The van der Waals surface area contributed by atoms with Gasteiger partial charge in [-0.2, -0.15) is 5.10 Å². The van der Waals surface area contributed by atoms with Gasteiger partial charge in [0.15, 0.2) is 5.65 Å². The van der Waals surface area contributed by atoms with E-state index in [2.05, 4.69) is 30.7 Å². The number of hydrogen-bond acceptors (Lipinski definition) is 4. The molecule has 0 unspecified atom stereocenters. The van der Waals surface area contributed by atoms with Gasteiger partial charge in [0.25, 0.3) is 0 Å². The number of methoxy groups -OCH3 is 1. The SMILES string of the molecule is COC(=O)c1ccc(-c2cc(Br)c3nccn3n2)cc1. The fourth-order valence-electron chi connectivity index (χ4n) is 1.91. The normalized spacial score (nSPS) is 10.7. The Morgan fingerprint density at radius 1 is 1.30 bits per heavy atom. The first kappa shape index (κ1) is 12.8. The third kappa shape index (κ3) is 2.18. The molecule has 0 aliphatic rings. The highest BCUT2D eigenvalue weighted by Crippen LogP contribution is 2.23. The summed E-state index contributed by atoms with van der Waals surface area (Å²) >= 11 is 3.48. The van der Waals surface area contributed by atoms with Crippen LogP contribution in [0.3, 0.4) is 0 Å². The molecule has 2 aromatic heterocycles. The number of carbonyl (C=O) groups is 1. The predicted molar refractivity (Wildman–Crippen MR) is 77.5 cm³/mol. The first-order valence-corrected chi connectivity index (χ1v) is 6.67. The molecular weight excluding hydrogens is 322 g/mol. The Hall–Kier alpha value is -2.21. The van der Waals surface area contributed by atoms with Crippen molar-refractivity contribution in [2.24, 2.45) is 0 Å². The van der Waals surface area contributed by atoms with E-state index in [1.54, 1.807) is 29.0 Å². The monoisotopic (exact) mass is 331 g/mol. The molecule has 2 heterocycles. The molecule has 0 N–H and O–H groups in total. The van der Waals surface area contributed by atoms with Gasteiger partial charge in [-0.3, -0.25) is 0 Å². The Bertz CT molecular complexity index is 781. The van der Waals surface area contributed by atoms with Gasteiger partial charge in [0, 0.05) is 18.0 Å². The average Bonchev–Trinajstić information content (AvgIpc) is 2.95. The Labute approximate surface area is 123 Å². The molecule has 5 nitrogen and oxygen atoms in total. The van der Waals surface area contributed by atoms with Crippen molar-refractivity contribution in [1.29, 1.82) is 0 Å². The largest absolute Gasteiger partial charge is 0.465 e. The molecule has 0 radical (unpaired) electrons. The van der Waals surface area contributed by atoms with Crippen LogP contribution in [-0.2, 0) is 4.74 Å². The highest BCUT2D eigenvalue weighted by molar-refractivity contribution is 9.10. The second-order valence-electron chi connectivity index (χ2n) is 4.14. The molecule has 0 aliphatic carbocycles. The second kappa shape index (κ2) is 5.05. The zero-order valence-electron chi connectivity index (χ0n) is 10.6. The lowest BCUT2D eigenvalue weighted by molar-refractivity contribution is 0.0601. The number of rotatable bonds is 2. The number of carbonyl (C=O) groups excluding carboxylic acids is 1. The Balaban J connectivity index is 2.04. The average molecular weight is 332 g/mol. The predicted octanol–water partition coefficient (Wildman–Crippen LogP) is 2.95. The second-order valence-corrected chi connectivity index (χ2v) is 5.00. The number of esters is 1. The minimum Gasteiger partial charge on any atom is -0.465 e. The third-order valence-electron chi connectivity index (χ3n) is 2.92. The maximum atomic E-state index is 11.4. The van der Waals surface area contributed by atoms with Gasteiger partial charge >= 0.3 is 5.97 Å². The number of imidazole rings is 1. The van der Waals surface area contributed by atoms with E-state index < -0.39 is 0 Å². The van der Waals surface area contributed by atoms with Gasteiger partial charge in [0.05, 0.1) is 22.8 Å². The van der Waals surface area contributed by atoms with Crippen molar-refractivity contribution in [3.63, 3.8) is 0 Å².